The number of para-hydroxylation sites is 2. The molecule has 0 aromatic heterocycles. The van der Waals surface area contributed by atoms with E-state index in [0.29, 0.717) is 18.4 Å². The fraction of sp³-hybridized carbons (Fsp3) is 0.381. The van der Waals surface area contributed by atoms with Crippen LogP contribution in [0.5, 0.6) is 0 Å². The van der Waals surface area contributed by atoms with E-state index in [-0.39, 0.29) is 12.1 Å². The number of nitrogens with zero attached hydrogens (tertiary/aromatic N) is 1. The number of amides is 2. The first kappa shape index (κ1) is 17.3. The van der Waals surface area contributed by atoms with Crippen molar-refractivity contribution in [3.05, 3.63) is 60.2 Å². The van der Waals surface area contributed by atoms with Crippen molar-refractivity contribution in [1.29, 1.82) is 0 Å². The second-order valence-electron chi connectivity index (χ2n) is 7.05. The number of carbonyl (C=O) groups excluding carboxylic acids is 1. The van der Waals surface area contributed by atoms with Crippen molar-refractivity contribution >= 4 is 17.4 Å². The lowest BCUT2D eigenvalue weighted by molar-refractivity contribution is 0.250. The Hall–Kier alpha value is -2.49. The Kier molecular flexibility index (Phi) is 5.27. The van der Waals surface area contributed by atoms with Crippen LogP contribution in [0, 0.1) is 5.92 Å². The average molecular weight is 337 g/mol. The third-order valence-electron chi connectivity index (χ3n) is 5.23. The molecule has 3 rings (SSSR count). The van der Waals surface area contributed by atoms with Gasteiger partial charge >= 0.3 is 6.03 Å². The highest BCUT2D eigenvalue weighted by molar-refractivity contribution is 5.89. The molecular weight excluding hydrogens is 310 g/mol. The molecule has 25 heavy (non-hydrogen) atoms. The van der Waals surface area contributed by atoms with Crippen molar-refractivity contribution in [2.75, 3.05) is 23.8 Å². The first-order chi connectivity index (χ1) is 12.1. The predicted octanol–water partition coefficient (Wildman–Crippen LogP) is 4.46. The number of rotatable bonds is 3. The quantitative estimate of drug-likeness (QED) is 0.869. The largest absolute Gasteiger partial charge is 0.369 e. The molecule has 1 aliphatic rings. The van der Waals surface area contributed by atoms with Gasteiger partial charge in [0.25, 0.3) is 0 Å². The summed E-state index contributed by atoms with van der Waals surface area (Å²) >= 11 is 0. The van der Waals surface area contributed by atoms with Gasteiger partial charge in [0.15, 0.2) is 0 Å². The number of hydrogen-bond acceptors (Lipinski definition) is 2. The Labute approximate surface area is 150 Å². The minimum atomic E-state index is -0.155. The molecule has 1 aliphatic heterocycles. The van der Waals surface area contributed by atoms with Crippen LogP contribution in [0.1, 0.15) is 31.7 Å². The van der Waals surface area contributed by atoms with Gasteiger partial charge in [0.2, 0.25) is 0 Å². The lowest BCUT2D eigenvalue weighted by Crippen LogP contribution is -2.46. The lowest BCUT2D eigenvalue weighted by atomic mass is 9.89. The van der Waals surface area contributed by atoms with Crippen molar-refractivity contribution in [2.24, 2.45) is 5.92 Å². The van der Waals surface area contributed by atoms with Crippen LogP contribution in [-0.4, -0.2) is 25.7 Å². The highest BCUT2D eigenvalue weighted by Gasteiger charge is 2.30. The standard InChI is InChI=1S/C21H27N3O/c1-15-13-16(2)20(24(3)19-12-8-7-11-18(15)19)14-22-21(25)23-17-9-5-4-6-10-17/h4-12,15-16,20H,13-14H2,1-3H3,(H2,22,23,25)/t15?,16-,20-/m1/s1. The molecule has 2 aromatic carbocycles. The van der Waals surface area contributed by atoms with Crippen LogP contribution in [0.4, 0.5) is 16.2 Å². The summed E-state index contributed by atoms with van der Waals surface area (Å²) in [4.78, 5) is 14.5. The van der Waals surface area contributed by atoms with Gasteiger partial charge < -0.3 is 15.5 Å². The number of urea groups is 1. The SMILES string of the molecule is CC1C[C@@H](C)[C@@H](CNC(=O)Nc2ccccc2)N(C)c2ccccc21. The van der Waals surface area contributed by atoms with Gasteiger partial charge in [-0.25, -0.2) is 4.79 Å². The molecule has 4 nitrogen and oxygen atoms in total. The molecular formula is C21H27N3O. The fourth-order valence-corrected chi connectivity index (χ4v) is 3.86. The highest BCUT2D eigenvalue weighted by atomic mass is 16.2. The van der Waals surface area contributed by atoms with Crippen LogP contribution < -0.4 is 15.5 Å². The minimum Gasteiger partial charge on any atom is -0.369 e. The Morgan fingerprint density at radius 3 is 2.52 bits per heavy atom. The van der Waals surface area contributed by atoms with Crippen molar-refractivity contribution < 1.29 is 4.79 Å². The van der Waals surface area contributed by atoms with E-state index in [0.717, 1.165) is 12.1 Å². The molecule has 4 heteroatoms. The molecule has 0 fully saturated rings. The summed E-state index contributed by atoms with van der Waals surface area (Å²) in [6, 6.07) is 18.3. The van der Waals surface area contributed by atoms with E-state index < -0.39 is 0 Å². The van der Waals surface area contributed by atoms with Gasteiger partial charge in [-0.15, -0.1) is 0 Å². The van der Waals surface area contributed by atoms with Gasteiger partial charge in [-0.3, -0.25) is 0 Å². The van der Waals surface area contributed by atoms with Crippen molar-refractivity contribution in [3.63, 3.8) is 0 Å². The highest BCUT2D eigenvalue weighted by Crippen LogP contribution is 2.37. The zero-order chi connectivity index (χ0) is 17.8. The second kappa shape index (κ2) is 7.60. The number of benzene rings is 2. The van der Waals surface area contributed by atoms with Crippen LogP contribution in [0.25, 0.3) is 0 Å². The average Bonchev–Trinajstić information content (AvgIpc) is 2.70. The maximum Gasteiger partial charge on any atom is 0.319 e. The second-order valence-corrected chi connectivity index (χ2v) is 7.05. The number of likely N-dealkylation sites (N-methyl/N-ethyl adjacent to an activating group) is 1. The van der Waals surface area contributed by atoms with Crippen molar-refractivity contribution in [2.45, 2.75) is 32.2 Å². The van der Waals surface area contributed by atoms with Gasteiger partial charge in [0.05, 0.1) is 0 Å². The third-order valence-corrected chi connectivity index (χ3v) is 5.23. The number of hydrogen-bond donors (Lipinski definition) is 2. The van der Waals surface area contributed by atoms with Crippen LogP contribution in [0.3, 0.4) is 0 Å². The van der Waals surface area contributed by atoms with E-state index in [2.05, 4.69) is 60.7 Å². The van der Waals surface area contributed by atoms with Crippen LogP contribution in [-0.2, 0) is 0 Å². The van der Waals surface area contributed by atoms with Crippen molar-refractivity contribution in [1.82, 2.24) is 5.32 Å². The summed E-state index contributed by atoms with van der Waals surface area (Å²) < 4.78 is 0. The first-order valence-corrected chi connectivity index (χ1v) is 8.98. The molecule has 132 valence electrons. The van der Waals surface area contributed by atoms with Gasteiger partial charge in [-0.05, 0) is 42.0 Å². The lowest BCUT2D eigenvalue weighted by Gasteiger charge is -2.33. The number of anilines is 2. The first-order valence-electron chi connectivity index (χ1n) is 8.98. The van der Waals surface area contributed by atoms with Gasteiger partial charge in [-0.2, -0.15) is 0 Å². The Morgan fingerprint density at radius 1 is 1.08 bits per heavy atom. The topological polar surface area (TPSA) is 44.4 Å². The van der Waals surface area contributed by atoms with E-state index in [1.54, 1.807) is 0 Å². The molecule has 0 radical (unpaired) electrons. The van der Waals surface area contributed by atoms with E-state index in [1.807, 2.05) is 30.3 Å². The van der Waals surface area contributed by atoms with Gasteiger partial charge in [-0.1, -0.05) is 50.2 Å². The van der Waals surface area contributed by atoms with Crippen LogP contribution in [0.2, 0.25) is 0 Å². The van der Waals surface area contributed by atoms with E-state index in [1.165, 1.54) is 11.3 Å². The number of fused-ring (bicyclic) bond motifs is 1. The van der Waals surface area contributed by atoms with Gasteiger partial charge in [0, 0.05) is 31.0 Å². The minimum absolute atomic E-state index is 0.155. The molecule has 2 N–H and O–H groups in total. The third kappa shape index (κ3) is 3.95. The molecule has 0 aliphatic carbocycles. The molecule has 0 saturated carbocycles. The Bertz CT molecular complexity index is 716. The molecule has 0 bridgehead atoms. The Morgan fingerprint density at radius 2 is 1.76 bits per heavy atom. The summed E-state index contributed by atoms with van der Waals surface area (Å²) in [6.07, 6.45) is 1.12. The normalized spacial score (nSPS) is 22.7. The summed E-state index contributed by atoms with van der Waals surface area (Å²) in [7, 11) is 2.13. The summed E-state index contributed by atoms with van der Waals surface area (Å²) in [6.45, 7) is 5.19. The monoisotopic (exact) mass is 337 g/mol. The van der Waals surface area contributed by atoms with Crippen LogP contribution in [0.15, 0.2) is 54.6 Å². The summed E-state index contributed by atoms with van der Waals surface area (Å²) in [5.74, 6) is 1.02. The van der Waals surface area contributed by atoms with Gasteiger partial charge in [0.1, 0.15) is 0 Å². The maximum atomic E-state index is 12.2. The summed E-state index contributed by atoms with van der Waals surface area (Å²) in [5, 5.41) is 5.93. The predicted molar refractivity (Wildman–Crippen MR) is 104 cm³/mol. The van der Waals surface area contributed by atoms with Crippen LogP contribution >= 0.6 is 0 Å². The fourth-order valence-electron chi connectivity index (χ4n) is 3.86. The molecule has 1 unspecified atom stereocenters. The molecule has 2 amide bonds. The number of carbonyl (C=O) groups is 1. The molecule has 3 atom stereocenters. The molecule has 2 aromatic rings. The zero-order valence-corrected chi connectivity index (χ0v) is 15.2. The van der Waals surface area contributed by atoms with E-state index in [9.17, 15) is 4.79 Å². The smallest absolute Gasteiger partial charge is 0.319 e. The summed E-state index contributed by atoms with van der Waals surface area (Å²) in [5.41, 5.74) is 3.48. The van der Waals surface area contributed by atoms with E-state index in [4.69, 9.17) is 0 Å². The number of nitrogens with one attached hydrogen (secondary N) is 2. The van der Waals surface area contributed by atoms with Crippen molar-refractivity contribution in [3.8, 4) is 0 Å². The Balaban J connectivity index is 1.68. The zero-order valence-electron chi connectivity index (χ0n) is 15.2. The maximum absolute atomic E-state index is 12.2. The molecule has 0 saturated heterocycles. The molecule has 1 heterocycles. The van der Waals surface area contributed by atoms with E-state index >= 15 is 0 Å². The molecule has 0 spiro atoms.